The van der Waals surface area contributed by atoms with Gasteiger partial charge in [0.25, 0.3) is 0 Å². The summed E-state index contributed by atoms with van der Waals surface area (Å²) < 4.78 is 0. The van der Waals surface area contributed by atoms with Crippen LogP contribution < -0.4 is 11.1 Å². The number of anilines is 1. The van der Waals surface area contributed by atoms with Crippen molar-refractivity contribution < 1.29 is 0 Å². The van der Waals surface area contributed by atoms with Crippen LogP contribution in [0.2, 0.25) is 0 Å². The van der Waals surface area contributed by atoms with E-state index in [9.17, 15) is 0 Å². The number of hydrogen-bond donors (Lipinski definition) is 2. The fourth-order valence-electron chi connectivity index (χ4n) is 3.09. The van der Waals surface area contributed by atoms with Gasteiger partial charge in [-0.3, -0.25) is 0 Å². The molecule has 4 heteroatoms. The second kappa shape index (κ2) is 6.78. The molecule has 0 bridgehead atoms. The van der Waals surface area contributed by atoms with E-state index in [1.165, 1.54) is 43.2 Å². The molecule has 110 valence electrons. The topological polar surface area (TPSA) is 50.4 Å². The first-order chi connectivity index (χ1) is 9.24. The van der Waals surface area contributed by atoms with Crippen LogP contribution >= 0.6 is 24.0 Å². The van der Waals surface area contributed by atoms with E-state index in [1.54, 1.807) is 0 Å². The van der Waals surface area contributed by atoms with Gasteiger partial charge in [-0.1, -0.05) is 19.1 Å². The van der Waals surface area contributed by atoms with Crippen molar-refractivity contribution in [2.45, 2.75) is 51.5 Å². The Labute approximate surface area is 138 Å². The lowest BCUT2D eigenvalue weighted by molar-refractivity contribution is 0.284. The second-order valence-electron chi connectivity index (χ2n) is 5.91. The van der Waals surface area contributed by atoms with Gasteiger partial charge in [-0.05, 0) is 61.6 Å². The predicted octanol–water partition coefficient (Wildman–Crippen LogP) is 3.71. The molecule has 1 saturated carbocycles. The number of aryl methyl sites for hydroxylation is 1. The number of hydrogen-bond acceptors (Lipinski definition) is 1. The normalized spacial score (nSPS) is 25.1. The molecule has 0 aliphatic heterocycles. The number of benzene rings is 1. The van der Waals surface area contributed by atoms with Gasteiger partial charge in [-0.25, -0.2) is 4.99 Å². The van der Waals surface area contributed by atoms with Gasteiger partial charge in [0, 0.05) is 5.69 Å². The highest BCUT2D eigenvalue weighted by atomic mass is 127. The molecule has 0 saturated heterocycles. The third kappa shape index (κ3) is 3.27. The van der Waals surface area contributed by atoms with E-state index in [4.69, 9.17) is 5.73 Å². The van der Waals surface area contributed by atoms with Crippen LogP contribution in [0.3, 0.4) is 0 Å². The van der Waals surface area contributed by atoms with Crippen molar-refractivity contribution in [3.8, 4) is 0 Å². The summed E-state index contributed by atoms with van der Waals surface area (Å²) >= 11 is 0. The number of halogens is 1. The molecule has 0 spiro atoms. The molecular formula is C16H24IN3. The zero-order chi connectivity index (χ0) is 13.2. The first kappa shape index (κ1) is 15.6. The molecule has 0 radical (unpaired) electrons. The Kier molecular flexibility index (Phi) is 5.29. The van der Waals surface area contributed by atoms with Crippen LogP contribution in [-0.2, 0) is 12.8 Å². The number of aliphatic imine (C=N–C) groups is 1. The molecule has 1 aromatic carbocycles. The van der Waals surface area contributed by atoms with E-state index in [1.807, 2.05) is 0 Å². The van der Waals surface area contributed by atoms with E-state index >= 15 is 0 Å². The van der Waals surface area contributed by atoms with Gasteiger partial charge in [0.15, 0.2) is 5.96 Å². The van der Waals surface area contributed by atoms with Crippen LogP contribution in [0.1, 0.15) is 43.7 Å². The zero-order valence-corrected chi connectivity index (χ0v) is 14.4. The van der Waals surface area contributed by atoms with E-state index < -0.39 is 0 Å². The molecule has 3 N–H and O–H groups in total. The highest BCUT2D eigenvalue weighted by molar-refractivity contribution is 14.0. The van der Waals surface area contributed by atoms with Crippen LogP contribution in [0, 0.1) is 5.92 Å². The minimum absolute atomic E-state index is 0. The Morgan fingerprint density at radius 2 is 2.05 bits per heavy atom. The molecule has 0 amide bonds. The lowest BCUT2D eigenvalue weighted by Gasteiger charge is -2.30. The van der Waals surface area contributed by atoms with E-state index in [2.05, 4.69) is 35.4 Å². The summed E-state index contributed by atoms with van der Waals surface area (Å²) in [7, 11) is 0. The van der Waals surface area contributed by atoms with Crippen LogP contribution in [0.5, 0.6) is 0 Å². The molecule has 2 aliphatic carbocycles. The number of fused-ring (bicyclic) bond motifs is 1. The number of nitrogens with one attached hydrogen (secondary N) is 1. The maximum Gasteiger partial charge on any atom is 0.193 e. The van der Waals surface area contributed by atoms with Gasteiger partial charge >= 0.3 is 0 Å². The maximum atomic E-state index is 6.05. The molecule has 0 heterocycles. The van der Waals surface area contributed by atoms with Gasteiger partial charge in [-0.15, -0.1) is 24.0 Å². The SMILES string of the molecule is CC1CCC1N=C(N)Nc1cccc2c1CCCC2.I. The maximum absolute atomic E-state index is 6.05. The molecule has 1 aromatic rings. The molecule has 1 fully saturated rings. The van der Waals surface area contributed by atoms with Crippen LogP contribution in [0.4, 0.5) is 5.69 Å². The third-order valence-electron chi connectivity index (χ3n) is 4.54. The molecule has 20 heavy (non-hydrogen) atoms. The van der Waals surface area contributed by atoms with Crippen molar-refractivity contribution in [3.05, 3.63) is 29.3 Å². The first-order valence-electron chi connectivity index (χ1n) is 7.45. The Balaban J connectivity index is 0.00000147. The van der Waals surface area contributed by atoms with E-state index in [0.29, 0.717) is 17.9 Å². The number of nitrogens with two attached hydrogens (primary N) is 1. The summed E-state index contributed by atoms with van der Waals surface area (Å²) in [5, 5.41) is 3.32. The number of guanidine groups is 1. The lowest BCUT2D eigenvalue weighted by atomic mass is 9.82. The lowest BCUT2D eigenvalue weighted by Crippen LogP contribution is -2.33. The van der Waals surface area contributed by atoms with Crippen LogP contribution in [0.15, 0.2) is 23.2 Å². The van der Waals surface area contributed by atoms with Crippen LogP contribution in [0.25, 0.3) is 0 Å². The monoisotopic (exact) mass is 385 g/mol. The summed E-state index contributed by atoms with van der Waals surface area (Å²) in [4.78, 5) is 4.59. The molecule has 3 rings (SSSR count). The Morgan fingerprint density at radius 1 is 1.25 bits per heavy atom. The fraction of sp³-hybridized carbons (Fsp3) is 0.562. The second-order valence-corrected chi connectivity index (χ2v) is 5.91. The average molecular weight is 385 g/mol. The van der Waals surface area contributed by atoms with Crippen molar-refractivity contribution in [1.82, 2.24) is 0 Å². The van der Waals surface area contributed by atoms with E-state index in [-0.39, 0.29) is 24.0 Å². The quantitative estimate of drug-likeness (QED) is 0.463. The summed E-state index contributed by atoms with van der Waals surface area (Å²) in [6.07, 6.45) is 7.40. The van der Waals surface area contributed by atoms with E-state index in [0.717, 1.165) is 12.1 Å². The predicted molar refractivity (Wildman–Crippen MR) is 95.9 cm³/mol. The zero-order valence-electron chi connectivity index (χ0n) is 12.1. The van der Waals surface area contributed by atoms with Gasteiger partial charge in [-0.2, -0.15) is 0 Å². The van der Waals surface area contributed by atoms with Crippen molar-refractivity contribution in [2.24, 2.45) is 16.6 Å². The van der Waals surface area contributed by atoms with Crippen molar-refractivity contribution in [2.75, 3.05) is 5.32 Å². The summed E-state index contributed by atoms with van der Waals surface area (Å²) in [6.45, 7) is 2.25. The third-order valence-corrected chi connectivity index (χ3v) is 4.54. The Hall–Kier alpha value is -0.780. The molecule has 2 aliphatic rings. The molecule has 2 unspecified atom stereocenters. The highest BCUT2D eigenvalue weighted by Crippen LogP contribution is 2.30. The smallest absolute Gasteiger partial charge is 0.193 e. The summed E-state index contributed by atoms with van der Waals surface area (Å²) in [5.41, 5.74) is 10.1. The van der Waals surface area contributed by atoms with Crippen LogP contribution in [-0.4, -0.2) is 12.0 Å². The minimum Gasteiger partial charge on any atom is -0.370 e. The summed E-state index contributed by atoms with van der Waals surface area (Å²) in [6, 6.07) is 6.90. The van der Waals surface area contributed by atoms with Crippen molar-refractivity contribution >= 4 is 35.6 Å². The number of nitrogens with zero attached hydrogens (tertiary/aromatic N) is 1. The first-order valence-corrected chi connectivity index (χ1v) is 7.45. The Bertz CT molecular complexity index is 498. The van der Waals surface area contributed by atoms with Gasteiger partial charge in [0.05, 0.1) is 6.04 Å². The summed E-state index contributed by atoms with van der Waals surface area (Å²) in [5.74, 6) is 1.26. The fourth-order valence-corrected chi connectivity index (χ4v) is 3.09. The Morgan fingerprint density at radius 3 is 2.75 bits per heavy atom. The molecule has 2 atom stereocenters. The van der Waals surface area contributed by atoms with Gasteiger partial charge in [0.2, 0.25) is 0 Å². The molecule has 0 aromatic heterocycles. The molecular weight excluding hydrogens is 361 g/mol. The standard InChI is InChI=1S/C16H23N3.HI/c1-11-9-10-14(11)18-16(17)19-15-8-4-6-12-5-2-3-7-13(12)15;/h4,6,8,11,14H,2-3,5,7,9-10H2,1H3,(H3,17,18,19);1H. The molecule has 3 nitrogen and oxygen atoms in total. The number of rotatable bonds is 2. The average Bonchev–Trinajstić information content (AvgIpc) is 2.44. The minimum atomic E-state index is 0. The van der Waals surface area contributed by atoms with Gasteiger partial charge < -0.3 is 11.1 Å². The van der Waals surface area contributed by atoms with Gasteiger partial charge in [0.1, 0.15) is 0 Å². The van der Waals surface area contributed by atoms with Crippen molar-refractivity contribution in [1.29, 1.82) is 0 Å². The van der Waals surface area contributed by atoms with Crippen molar-refractivity contribution in [3.63, 3.8) is 0 Å². The highest BCUT2D eigenvalue weighted by Gasteiger charge is 2.26. The largest absolute Gasteiger partial charge is 0.370 e.